The summed E-state index contributed by atoms with van der Waals surface area (Å²) in [6.45, 7) is 0. The molecule has 2 aromatic heterocycles. The maximum Gasteiger partial charge on any atom is 0.143 e. The van der Waals surface area contributed by atoms with E-state index in [1.165, 1.54) is 0 Å². The van der Waals surface area contributed by atoms with E-state index >= 15 is 0 Å². The molecule has 0 radical (unpaired) electrons. The third-order valence-electron chi connectivity index (χ3n) is 2.99. The molecule has 4 nitrogen and oxygen atoms in total. The molecule has 3 aromatic rings. The number of aromatic nitrogens is 3. The Morgan fingerprint density at radius 2 is 2.00 bits per heavy atom. The predicted octanol–water partition coefficient (Wildman–Crippen LogP) is 2.84. The van der Waals surface area contributed by atoms with E-state index in [-0.39, 0.29) is 6.04 Å². The maximum atomic E-state index is 6.21. The van der Waals surface area contributed by atoms with E-state index in [2.05, 4.69) is 15.0 Å². The van der Waals surface area contributed by atoms with Gasteiger partial charge in [0.25, 0.3) is 0 Å². The van der Waals surface area contributed by atoms with E-state index in [4.69, 9.17) is 5.73 Å². The van der Waals surface area contributed by atoms with E-state index in [1.807, 2.05) is 35.7 Å². The van der Waals surface area contributed by atoms with Crippen molar-refractivity contribution in [3.63, 3.8) is 0 Å². The molecule has 0 fully saturated rings. The summed E-state index contributed by atoms with van der Waals surface area (Å²) in [4.78, 5) is 12.9. The van der Waals surface area contributed by atoms with Crippen molar-refractivity contribution < 1.29 is 0 Å². The topological polar surface area (TPSA) is 64.7 Å². The van der Waals surface area contributed by atoms with Gasteiger partial charge >= 0.3 is 0 Å². The number of thiazole rings is 1. The SMILES string of the molecule is NC(Cc1csc(-c2cnccn2)n1)c1ccccc1. The molecule has 1 atom stereocenters. The molecule has 1 aromatic carbocycles. The first-order chi connectivity index (χ1) is 9.83. The molecule has 0 aliphatic rings. The van der Waals surface area contributed by atoms with Crippen LogP contribution >= 0.6 is 11.3 Å². The van der Waals surface area contributed by atoms with Gasteiger partial charge in [-0.05, 0) is 5.56 Å². The number of rotatable bonds is 4. The van der Waals surface area contributed by atoms with Crippen LogP contribution in [-0.4, -0.2) is 15.0 Å². The Bertz CT molecular complexity index is 667. The van der Waals surface area contributed by atoms with Gasteiger partial charge in [-0.25, -0.2) is 4.98 Å². The summed E-state index contributed by atoms with van der Waals surface area (Å²) in [7, 11) is 0. The molecule has 0 aliphatic heterocycles. The van der Waals surface area contributed by atoms with Crippen molar-refractivity contribution in [3.05, 3.63) is 65.6 Å². The first-order valence-electron chi connectivity index (χ1n) is 6.34. The second-order valence-corrected chi connectivity index (χ2v) is 5.31. The van der Waals surface area contributed by atoms with Crippen LogP contribution < -0.4 is 5.73 Å². The lowest BCUT2D eigenvalue weighted by molar-refractivity contribution is 0.710. The van der Waals surface area contributed by atoms with Crippen LogP contribution in [0.2, 0.25) is 0 Å². The summed E-state index contributed by atoms with van der Waals surface area (Å²) in [5, 5.41) is 2.92. The van der Waals surface area contributed by atoms with Crippen LogP contribution in [-0.2, 0) is 6.42 Å². The van der Waals surface area contributed by atoms with Gasteiger partial charge < -0.3 is 5.73 Å². The number of benzene rings is 1. The molecule has 100 valence electrons. The zero-order valence-electron chi connectivity index (χ0n) is 10.8. The van der Waals surface area contributed by atoms with Gasteiger partial charge in [-0.3, -0.25) is 9.97 Å². The Labute approximate surface area is 121 Å². The van der Waals surface area contributed by atoms with Crippen molar-refractivity contribution in [2.45, 2.75) is 12.5 Å². The molecule has 2 N–H and O–H groups in total. The third kappa shape index (κ3) is 2.89. The van der Waals surface area contributed by atoms with Gasteiger partial charge in [0, 0.05) is 30.2 Å². The molecule has 1 unspecified atom stereocenters. The van der Waals surface area contributed by atoms with Gasteiger partial charge in [0.2, 0.25) is 0 Å². The zero-order chi connectivity index (χ0) is 13.8. The molecule has 0 aliphatic carbocycles. The summed E-state index contributed by atoms with van der Waals surface area (Å²) in [6, 6.07) is 10.0. The first kappa shape index (κ1) is 12.9. The smallest absolute Gasteiger partial charge is 0.143 e. The van der Waals surface area contributed by atoms with Crippen molar-refractivity contribution in [2.75, 3.05) is 0 Å². The van der Waals surface area contributed by atoms with Crippen LogP contribution in [0.15, 0.2) is 54.3 Å². The van der Waals surface area contributed by atoms with Gasteiger partial charge in [-0.1, -0.05) is 30.3 Å². The fraction of sp³-hybridized carbons (Fsp3) is 0.133. The second-order valence-electron chi connectivity index (χ2n) is 4.46. The van der Waals surface area contributed by atoms with E-state index in [9.17, 15) is 0 Å². The van der Waals surface area contributed by atoms with Crippen molar-refractivity contribution in [1.29, 1.82) is 0 Å². The number of nitrogens with two attached hydrogens (primary N) is 1. The minimum absolute atomic E-state index is 0.0343. The van der Waals surface area contributed by atoms with Crippen molar-refractivity contribution in [1.82, 2.24) is 15.0 Å². The van der Waals surface area contributed by atoms with E-state index in [0.29, 0.717) is 0 Å². The molecule has 0 amide bonds. The predicted molar refractivity (Wildman–Crippen MR) is 80.2 cm³/mol. The standard InChI is InChI=1S/C15H14N4S/c16-13(11-4-2-1-3-5-11)8-12-10-20-15(19-12)14-9-17-6-7-18-14/h1-7,9-10,13H,8,16H2. The summed E-state index contributed by atoms with van der Waals surface area (Å²) in [5.74, 6) is 0. The summed E-state index contributed by atoms with van der Waals surface area (Å²) >= 11 is 1.57. The highest BCUT2D eigenvalue weighted by atomic mass is 32.1. The molecule has 0 saturated carbocycles. The second kappa shape index (κ2) is 5.90. The maximum absolute atomic E-state index is 6.21. The minimum Gasteiger partial charge on any atom is -0.324 e. The Morgan fingerprint density at radius 1 is 1.15 bits per heavy atom. The summed E-state index contributed by atoms with van der Waals surface area (Å²) in [5.41, 5.74) is 9.13. The highest BCUT2D eigenvalue weighted by molar-refractivity contribution is 7.13. The molecule has 0 saturated heterocycles. The van der Waals surface area contributed by atoms with Crippen LogP contribution in [0.25, 0.3) is 10.7 Å². The number of hydrogen-bond donors (Lipinski definition) is 1. The molecular formula is C15H14N4S. The summed E-state index contributed by atoms with van der Waals surface area (Å²) < 4.78 is 0. The van der Waals surface area contributed by atoms with Crippen LogP contribution in [0.4, 0.5) is 0 Å². The van der Waals surface area contributed by atoms with Gasteiger partial charge in [0.1, 0.15) is 10.7 Å². The third-order valence-corrected chi connectivity index (χ3v) is 3.90. The molecule has 2 heterocycles. The van der Waals surface area contributed by atoms with Crippen LogP contribution in [0.5, 0.6) is 0 Å². The highest BCUT2D eigenvalue weighted by Gasteiger charge is 2.11. The number of nitrogens with zero attached hydrogens (tertiary/aromatic N) is 3. The fourth-order valence-electron chi connectivity index (χ4n) is 1.97. The molecule has 0 spiro atoms. The van der Waals surface area contributed by atoms with E-state index in [1.54, 1.807) is 29.9 Å². The average molecular weight is 282 g/mol. The molecule has 5 heteroatoms. The molecule has 3 rings (SSSR count). The van der Waals surface area contributed by atoms with Gasteiger partial charge in [-0.15, -0.1) is 11.3 Å². The first-order valence-corrected chi connectivity index (χ1v) is 7.22. The van der Waals surface area contributed by atoms with Gasteiger partial charge in [-0.2, -0.15) is 0 Å². The number of hydrogen-bond acceptors (Lipinski definition) is 5. The lowest BCUT2D eigenvalue weighted by Crippen LogP contribution is -2.13. The van der Waals surface area contributed by atoms with Crippen molar-refractivity contribution in [3.8, 4) is 10.7 Å². The van der Waals surface area contributed by atoms with Crippen LogP contribution in [0.1, 0.15) is 17.3 Å². The monoisotopic (exact) mass is 282 g/mol. The summed E-state index contributed by atoms with van der Waals surface area (Å²) in [6.07, 6.45) is 5.77. The van der Waals surface area contributed by atoms with Crippen molar-refractivity contribution in [2.24, 2.45) is 5.73 Å². The van der Waals surface area contributed by atoms with Crippen molar-refractivity contribution >= 4 is 11.3 Å². The molecule has 20 heavy (non-hydrogen) atoms. The highest BCUT2D eigenvalue weighted by Crippen LogP contribution is 2.23. The van der Waals surface area contributed by atoms with Crippen LogP contribution in [0.3, 0.4) is 0 Å². The van der Waals surface area contributed by atoms with E-state index in [0.717, 1.165) is 28.4 Å². The Morgan fingerprint density at radius 3 is 2.75 bits per heavy atom. The Hall–Kier alpha value is -2.11. The Kier molecular flexibility index (Phi) is 3.80. The van der Waals surface area contributed by atoms with Crippen LogP contribution in [0, 0.1) is 0 Å². The molecule has 0 bridgehead atoms. The lowest BCUT2D eigenvalue weighted by Gasteiger charge is -2.09. The quantitative estimate of drug-likeness (QED) is 0.799. The average Bonchev–Trinajstić information content (AvgIpc) is 2.97. The fourth-order valence-corrected chi connectivity index (χ4v) is 2.76. The van der Waals surface area contributed by atoms with Gasteiger partial charge in [0.15, 0.2) is 0 Å². The normalized spacial score (nSPS) is 12.2. The Balaban J connectivity index is 1.75. The lowest BCUT2D eigenvalue weighted by atomic mass is 10.0. The minimum atomic E-state index is -0.0343. The van der Waals surface area contributed by atoms with Gasteiger partial charge in [0.05, 0.1) is 11.9 Å². The zero-order valence-corrected chi connectivity index (χ0v) is 11.6. The van der Waals surface area contributed by atoms with E-state index < -0.39 is 0 Å². The molecular weight excluding hydrogens is 268 g/mol. The largest absolute Gasteiger partial charge is 0.324 e.